The van der Waals surface area contributed by atoms with Crippen LogP contribution in [0, 0.1) is 0 Å². The van der Waals surface area contributed by atoms with Gasteiger partial charge in [0, 0.05) is 109 Å². The van der Waals surface area contributed by atoms with Crippen molar-refractivity contribution in [3.05, 3.63) is 479 Å². The van der Waals surface area contributed by atoms with Crippen molar-refractivity contribution in [3.8, 4) is 33.8 Å². The molecular weight excluding hydrogens is 1770 g/mol. The van der Waals surface area contributed by atoms with E-state index in [4.69, 9.17) is 19.9 Å². The molecular formula is C128H79N4O5PS2. The standard InChI is InChI=1S/C47H30NOP.C41H25NO2S.C40H24N2O2S/c49-50(31-17-3-1-4-18-31,32-19-5-2-6-20-32)47-41-29-15-11-25-37(41)44(38-26-12-16-30-42(38)47)46-40-28-14-10-24-36(40)43-35-23-9-7-21-33(35)34-22-8-13-27-39(34)45(43)48-46;43-45(44,26-14-2-1-3-15-26)41-35-24-12-8-20-31(35)38(32-21-9-13-25-36(32)41)40-34-23-11-7-19-30(34)37-29-18-6-4-16-27(29)28-17-5-10-22-33(28)39(37)42-40;43-45(44,25-13-2-1-3-14-25)40-32-21-10-7-18-29(32)35(30-19-8-11-22-33(30)40)39-34-23-12-24-41-37(34)36-28-17-6-4-15-26(28)27-16-5-9-20-31(27)38(36)42-39/h1-30H;1-25H;1-24H. The molecule has 12 heteroatoms. The van der Waals surface area contributed by atoms with Crippen molar-refractivity contribution >= 4 is 237 Å². The molecule has 24 aromatic carbocycles. The summed E-state index contributed by atoms with van der Waals surface area (Å²) in [6, 6.07) is 158. The third kappa shape index (κ3) is 12.9. The van der Waals surface area contributed by atoms with E-state index in [9.17, 15) is 16.8 Å². The lowest BCUT2D eigenvalue weighted by atomic mass is 9.89. The molecule has 0 amide bonds. The molecule has 4 aromatic heterocycles. The van der Waals surface area contributed by atoms with E-state index in [-0.39, 0.29) is 9.79 Å². The van der Waals surface area contributed by atoms with E-state index in [2.05, 4.69) is 249 Å². The van der Waals surface area contributed by atoms with Gasteiger partial charge in [-0.2, -0.15) is 0 Å². The van der Waals surface area contributed by atoms with Crippen LogP contribution in [0.5, 0.6) is 0 Å². The number of fused-ring (bicyclic) bond motifs is 30. The van der Waals surface area contributed by atoms with Gasteiger partial charge in [-0.05, 0) is 139 Å². The topological polar surface area (TPSA) is 137 Å². The number of nitrogens with zero attached hydrogens (tertiary/aromatic N) is 4. The van der Waals surface area contributed by atoms with Crippen molar-refractivity contribution in [2.45, 2.75) is 19.6 Å². The summed E-state index contributed by atoms with van der Waals surface area (Å²) >= 11 is 0. The maximum atomic E-state index is 16.1. The Morgan fingerprint density at radius 3 is 0.693 bits per heavy atom. The summed E-state index contributed by atoms with van der Waals surface area (Å²) in [4.78, 5) is 22.9. The summed E-state index contributed by atoms with van der Waals surface area (Å²) in [7, 11) is -11.0. The van der Waals surface area contributed by atoms with Crippen LogP contribution in [0.4, 0.5) is 0 Å². The maximum Gasteiger partial charge on any atom is 0.207 e. The zero-order chi connectivity index (χ0) is 93.5. The first-order valence-corrected chi connectivity index (χ1v) is 51.5. The highest BCUT2D eigenvalue weighted by Gasteiger charge is 2.37. The molecule has 0 aliphatic carbocycles. The molecule has 0 aliphatic rings. The van der Waals surface area contributed by atoms with E-state index in [0.717, 1.165) is 185 Å². The van der Waals surface area contributed by atoms with Gasteiger partial charge in [-0.3, -0.25) is 4.98 Å². The molecule has 0 atom stereocenters. The van der Waals surface area contributed by atoms with Crippen molar-refractivity contribution in [2.24, 2.45) is 0 Å². The molecule has 0 N–H and O–H groups in total. The zero-order valence-electron chi connectivity index (χ0n) is 75.2. The van der Waals surface area contributed by atoms with Crippen LogP contribution >= 0.6 is 7.14 Å². The van der Waals surface area contributed by atoms with Gasteiger partial charge in [-0.25, -0.2) is 31.8 Å². The molecule has 28 rings (SSSR count). The highest BCUT2D eigenvalue weighted by atomic mass is 32.2. The Kier molecular flexibility index (Phi) is 19.8. The Morgan fingerprint density at radius 2 is 0.379 bits per heavy atom. The lowest BCUT2D eigenvalue weighted by molar-refractivity contribution is 0.592. The molecule has 28 aromatic rings. The fourth-order valence-electron chi connectivity index (χ4n) is 22.3. The molecule has 658 valence electrons. The van der Waals surface area contributed by atoms with E-state index in [1.807, 2.05) is 182 Å². The number of sulfone groups is 2. The molecule has 9 nitrogen and oxygen atoms in total. The lowest BCUT2D eigenvalue weighted by Crippen LogP contribution is -2.26. The van der Waals surface area contributed by atoms with Crippen molar-refractivity contribution < 1.29 is 21.4 Å². The fourth-order valence-corrected chi connectivity index (χ4v) is 28.7. The van der Waals surface area contributed by atoms with Gasteiger partial charge in [0.15, 0.2) is 7.14 Å². The van der Waals surface area contributed by atoms with Gasteiger partial charge < -0.3 is 4.57 Å². The van der Waals surface area contributed by atoms with Gasteiger partial charge >= 0.3 is 0 Å². The molecule has 0 unspecified atom stereocenters. The van der Waals surface area contributed by atoms with E-state index < -0.39 is 26.8 Å². The molecule has 0 bridgehead atoms. The Bertz CT molecular complexity index is 9840. The number of hydrogen-bond acceptors (Lipinski definition) is 9. The van der Waals surface area contributed by atoms with Crippen molar-refractivity contribution in [3.63, 3.8) is 0 Å². The molecule has 140 heavy (non-hydrogen) atoms. The third-order valence-corrected chi connectivity index (χ3v) is 35.1. The van der Waals surface area contributed by atoms with E-state index in [1.165, 1.54) is 37.7 Å². The highest BCUT2D eigenvalue weighted by molar-refractivity contribution is 7.92. The van der Waals surface area contributed by atoms with E-state index >= 15 is 4.57 Å². The number of benzene rings is 24. The zero-order valence-corrected chi connectivity index (χ0v) is 77.7. The van der Waals surface area contributed by atoms with Gasteiger partial charge in [-0.15, -0.1) is 0 Å². The predicted molar refractivity (Wildman–Crippen MR) is 585 cm³/mol. The third-order valence-electron chi connectivity index (χ3n) is 28.2. The SMILES string of the molecule is O=P(c1ccccc1)(c1ccccc1)c1c2ccccc2c(-c2nc3c4ccccc4c4ccccc4c3c3ccccc23)c2ccccc12.O=S(=O)(c1ccccc1)c1c2ccccc2c(-c2nc3c4ccccc4c4ccccc4c3c3ccccc23)c2ccccc12.O=S(=O)(c1ccccc1)c1c2ccccc2c(-c2nc3c4ccccc4c4ccccc4c3c3ncccc23)c2ccccc12. The van der Waals surface area contributed by atoms with Crippen molar-refractivity contribution in [1.82, 2.24) is 19.9 Å². The minimum Gasteiger partial charge on any atom is -0.309 e. The summed E-state index contributed by atoms with van der Waals surface area (Å²) in [5.41, 5.74) is 9.11. The monoisotopic (exact) mass is 1850 g/mol. The smallest absolute Gasteiger partial charge is 0.207 e. The summed E-state index contributed by atoms with van der Waals surface area (Å²) in [6.07, 6.45) is 1.83. The van der Waals surface area contributed by atoms with E-state index in [1.54, 1.807) is 48.5 Å². The molecule has 0 radical (unpaired) electrons. The molecule has 4 heterocycles. The number of hydrogen-bond donors (Lipinski definition) is 0. The number of aromatic nitrogens is 4. The van der Waals surface area contributed by atoms with E-state index in [0.29, 0.717) is 31.3 Å². The minimum atomic E-state index is -3.85. The van der Waals surface area contributed by atoms with Crippen molar-refractivity contribution in [1.29, 1.82) is 0 Å². The summed E-state index contributed by atoms with van der Waals surface area (Å²) in [5, 5.41) is 35.1. The van der Waals surface area contributed by atoms with Crippen LogP contribution in [0.3, 0.4) is 0 Å². The van der Waals surface area contributed by atoms with Gasteiger partial charge in [0.05, 0.1) is 58.7 Å². The Hall–Kier alpha value is -17.3. The van der Waals surface area contributed by atoms with Crippen LogP contribution in [0.1, 0.15) is 0 Å². The van der Waals surface area contributed by atoms with Crippen LogP contribution < -0.4 is 15.9 Å². The average Bonchev–Trinajstić information content (AvgIpc) is 0.711. The normalized spacial score (nSPS) is 12.1. The molecule has 0 fully saturated rings. The second-order valence-electron chi connectivity index (χ2n) is 35.6. The van der Waals surface area contributed by atoms with Crippen LogP contribution in [0.15, 0.2) is 499 Å². The Morgan fingerprint density at radius 1 is 0.171 bits per heavy atom. The van der Waals surface area contributed by atoms with Gasteiger partial charge in [-0.1, -0.05) is 437 Å². The maximum absolute atomic E-state index is 16.1. The van der Waals surface area contributed by atoms with Crippen LogP contribution in [-0.4, -0.2) is 36.8 Å². The van der Waals surface area contributed by atoms with Crippen LogP contribution in [0.25, 0.3) is 228 Å². The average molecular weight is 1850 g/mol. The van der Waals surface area contributed by atoms with Crippen LogP contribution in [-0.2, 0) is 24.2 Å². The number of pyridine rings is 4. The molecule has 0 saturated heterocycles. The molecule has 0 spiro atoms. The largest absolute Gasteiger partial charge is 0.309 e. The Labute approximate surface area is 805 Å². The second-order valence-corrected chi connectivity index (χ2v) is 42.1. The van der Waals surface area contributed by atoms with Gasteiger partial charge in [0.2, 0.25) is 19.7 Å². The number of rotatable bonds is 10. The quantitative estimate of drug-likeness (QED) is 0.0744. The molecule has 0 aliphatic heterocycles. The first kappa shape index (κ1) is 83.3. The summed E-state index contributed by atoms with van der Waals surface area (Å²) < 4.78 is 73.5. The van der Waals surface area contributed by atoms with Gasteiger partial charge in [0.25, 0.3) is 0 Å². The second kappa shape index (κ2) is 33.3. The predicted octanol–water partition coefficient (Wildman–Crippen LogP) is 31.7. The lowest BCUT2D eigenvalue weighted by Gasteiger charge is -2.25. The first-order valence-electron chi connectivity index (χ1n) is 46.8. The molecule has 0 saturated carbocycles. The highest BCUT2D eigenvalue weighted by Crippen LogP contribution is 2.54. The minimum absolute atomic E-state index is 0.268. The van der Waals surface area contributed by atoms with Crippen LogP contribution in [0.2, 0.25) is 0 Å². The summed E-state index contributed by atoms with van der Waals surface area (Å²) in [6.45, 7) is 0. The fraction of sp³-hybridized carbons (Fsp3) is 0. The summed E-state index contributed by atoms with van der Waals surface area (Å²) in [5.74, 6) is 0. The Balaban J connectivity index is 0.000000108. The van der Waals surface area contributed by atoms with Gasteiger partial charge in [0.1, 0.15) is 0 Å². The first-order chi connectivity index (χ1) is 69.0. The van der Waals surface area contributed by atoms with Crippen molar-refractivity contribution in [2.75, 3.05) is 0 Å².